The van der Waals surface area contributed by atoms with Gasteiger partial charge in [0.1, 0.15) is 23.8 Å². The molecule has 166 valence electrons. The lowest BCUT2D eigenvalue weighted by Gasteiger charge is -2.37. The quantitative estimate of drug-likeness (QED) is 0.440. The second-order valence-electron chi connectivity index (χ2n) is 7.79. The second-order valence-corrected chi connectivity index (χ2v) is 8.86. The molecule has 5 rings (SSSR count). The van der Waals surface area contributed by atoms with Crippen molar-refractivity contribution in [3.8, 4) is 11.5 Å². The largest absolute Gasteiger partial charge is 0.486 e. The molecule has 0 spiro atoms. The first-order chi connectivity index (χ1) is 15.5. The van der Waals surface area contributed by atoms with Gasteiger partial charge in [0.15, 0.2) is 11.5 Å². The molecule has 1 fully saturated rings. The van der Waals surface area contributed by atoms with E-state index in [4.69, 9.17) is 14.5 Å². The van der Waals surface area contributed by atoms with E-state index in [2.05, 4.69) is 17.9 Å². The number of ether oxygens (including phenoxy) is 2. The molecule has 0 unspecified atom stereocenters. The van der Waals surface area contributed by atoms with Crippen molar-refractivity contribution >= 4 is 33.1 Å². The summed E-state index contributed by atoms with van der Waals surface area (Å²) in [5, 5.41) is 12.6. The number of rotatable bonds is 4. The fraction of sp³-hybridized carbons (Fsp3) is 0.364. The minimum absolute atomic E-state index is 0.0342. The number of hydrogen-bond acceptors (Lipinski definition) is 8. The molecule has 0 aliphatic carbocycles. The number of carbonyl (C=O) groups excluding carboxylic acids is 1. The zero-order valence-corrected chi connectivity index (χ0v) is 18.3. The van der Waals surface area contributed by atoms with Gasteiger partial charge in [0.2, 0.25) is 0 Å². The highest BCUT2D eigenvalue weighted by atomic mass is 32.1. The van der Waals surface area contributed by atoms with E-state index in [0.717, 1.165) is 15.2 Å². The number of nitrogens with zero attached hydrogens (tertiary/aromatic N) is 4. The fourth-order valence-electron chi connectivity index (χ4n) is 4.11. The Bertz CT molecular complexity index is 1160. The van der Waals surface area contributed by atoms with E-state index >= 15 is 0 Å². The lowest BCUT2D eigenvalue weighted by Crippen LogP contribution is -2.49. The van der Waals surface area contributed by atoms with Gasteiger partial charge in [-0.25, -0.2) is 4.98 Å². The van der Waals surface area contributed by atoms with Gasteiger partial charge in [-0.05, 0) is 19.1 Å². The highest BCUT2D eigenvalue weighted by Crippen LogP contribution is 2.37. The Morgan fingerprint density at radius 2 is 1.81 bits per heavy atom. The van der Waals surface area contributed by atoms with Crippen LogP contribution in [-0.4, -0.2) is 65.0 Å². The van der Waals surface area contributed by atoms with E-state index in [1.165, 1.54) is 12.1 Å². The Hall–Kier alpha value is -3.24. The lowest BCUT2D eigenvalue weighted by molar-refractivity contribution is -0.385. The number of amides is 1. The van der Waals surface area contributed by atoms with Gasteiger partial charge in [0.25, 0.3) is 11.6 Å². The third kappa shape index (κ3) is 3.76. The van der Waals surface area contributed by atoms with Gasteiger partial charge in [-0.1, -0.05) is 12.1 Å². The van der Waals surface area contributed by atoms with Crippen LogP contribution in [0.3, 0.4) is 0 Å². The predicted octanol–water partition coefficient (Wildman–Crippen LogP) is 3.49. The van der Waals surface area contributed by atoms with Crippen molar-refractivity contribution in [3.63, 3.8) is 0 Å². The summed E-state index contributed by atoms with van der Waals surface area (Å²) in [5.41, 5.74) is 0.774. The van der Waals surface area contributed by atoms with Crippen molar-refractivity contribution in [2.24, 2.45) is 0 Å². The number of thiazole rings is 1. The molecule has 3 aromatic rings. The Balaban J connectivity index is 1.31. The van der Waals surface area contributed by atoms with Crippen molar-refractivity contribution in [2.75, 3.05) is 39.4 Å². The first-order valence-corrected chi connectivity index (χ1v) is 11.3. The highest BCUT2D eigenvalue weighted by Gasteiger charge is 2.32. The SMILES string of the molecule is C[C@@H](c1nc2ccccc2s1)N1CCN(C(=O)c2cc3c(cc2[N+](=O)[O-])OCCO3)CC1. The van der Waals surface area contributed by atoms with Crippen molar-refractivity contribution in [1.29, 1.82) is 0 Å². The van der Waals surface area contributed by atoms with Crippen LogP contribution in [0.5, 0.6) is 11.5 Å². The number of nitro benzene ring substituents is 1. The molecular formula is C22H22N4O5S. The van der Waals surface area contributed by atoms with Crippen molar-refractivity contribution in [1.82, 2.24) is 14.8 Å². The number of para-hydroxylation sites is 1. The van der Waals surface area contributed by atoms with E-state index in [-0.39, 0.29) is 23.2 Å². The first kappa shape index (κ1) is 20.7. The number of piperazine rings is 1. The molecule has 32 heavy (non-hydrogen) atoms. The molecule has 10 heteroatoms. The predicted molar refractivity (Wildman–Crippen MR) is 120 cm³/mol. The van der Waals surface area contributed by atoms with E-state index in [1.807, 2.05) is 18.2 Å². The van der Waals surface area contributed by atoms with Gasteiger partial charge >= 0.3 is 0 Å². The fourth-order valence-corrected chi connectivity index (χ4v) is 5.16. The van der Waals surface area contributed by atoms with Gasteiger partial charge in [0, 0.05) is 32.2 Å². The van der Waals surface area contributed by atoms with Gasteiger partial charge in [-0.3, -0.25) is 19.8 Å². The molecule has 0 radical (unpaired) electrons. The Morgan fingerprint density at radius 1 is 1.12 bits per heavy atom. The van der Waals surface area contributed by atoms with Gasteiger partial charge in [-0.15, -0.1) is 11.3 Å². The first-order valence-electron chi connectivity index (χ1n) is 10.5. The number of carbonyl (C=O) groups is 1. The van der Waals surface area contributed by atoms with Crippen LogP contribution in [0.4, 0.5) is 5.69 Å². The summed E-state index contributed by atoms with van der Waals surface area (Å²) in [6.07, 6.45) is 0. The van der Waals surface area contributed by atoms with Crippen LogP contribution in [0, 0.1) is 10.1 Å². The Morgan fingerprint density at radius 3 is 2.50 bits per heavy atom. The molecule has 1 amide bonds. The molecule has 1 saturated heterocycles. The second kappa shape index (κ2) is 8.36. The van der Waals surface area contributed by atoms with E-state index in [1.54, 1.807) is 16.2 Å². The van der Waals surface area contributed by atoms with Gasteiger partial charge in [0.05, 0.1) is 27.2 Å². The average Bonchev–Trinajstić information content (AvgIpc) is 3.26. The van der Waals surface area contributed by atoms with Crippen molar-refractivity contribution in [3.05, 3.63) is 57.1 Å². The molecular weight excluding hydrogens is 432 g/mol. The number of benzene rings is 2. The summed E-state index contributed by atoms with van der Waals surface area (Å²) in [7, 11) is 0. The number of nitro groups is 1. The third-order valence-electron chi connectivity index (χ3n) is 5.90. The maximum Gasteiger partial charge on any atom is 0.286 e. The normalized spacial score (nSPS) is 17.3. The Kier molecular flexibility index (Phi) is 5.40. The maximum absolute atomic E-state index is 13.2. The van der Waals surface area contributed by atoms with E-state index in [9.17, 15) is 14.9 Å². The number of fused-ring (bicyclic) bond motifs is 2. The molecule has 2 aliphatic rings. The minimum atomic E-state index is -0.545. The topological polar surface area (TPSA) is 98.0 Å². The highest BCUT2D eigenvalue weighted by molar-refractivity contribution is 7.18. The van der Waals surface area contributed by atoms with Crippen LogP contribution in [-0.2, 0) is 0 Å². The number of hydrogen-bond donors (Lipinski definition) is 0. The zero-order valence-electron chi connectivity index (χ0n) is 17.5. The lowest BCUT2D eigenvalue weighted by atomic mass is 10.1. The average molecular weight is 455 g/mol. The van der Waals surface area contributed by atoms with E-state index < -0.39 is 4.92 Å². The molecule has 9 nitrogen and oxygen atoms in total. The molecule has 1 aromatic heterocycles. The molecule has 0 bridgehead atoms. The van der Waals surface area contributed by atoms with Crippen LogP contribution < -0.4 is 9.47 Å². The van der Waals surface area contributed by atoms with Crippen LogP contribution in [0.25, 0.3) is 10.2 Å². The Labute approximate surface area is 188 Å². The van der Waals surface area contributed by atoms with Crippen LogP contribution in [0.1, 0.15) is 28.3 Å². The summed E-state index contributed by atoms with van der Waals surface area (Å²) >= 11 is 1.69. The monoisotopic (exact) mass is 454 g/mol. The number of aromatic nitrogens is 1. The summed E-state index contributed by atoms with van der Waals surface area (Å²) in [6, 6.07) is 10.9. The molecule has 1 atom stereocenters. The smallest absolute Gasteiger partial charge is 0.286 e. The molecule has 0 N–H and O–H groups in total. The van der Waals surface area contributed by atoms with Gasteiger partial charge < -0.3 is 14.4 Å². The molecule has 0 saturated carbocycles. The summed E-state index contributed by atoms with van der Waals surface area (Å²) < 4.78 is 12.1. The van der Waals surface area contributed by atoms with E-state index in [0.29, 0.717) is 50.9 Å². The van der Waals surface area contributed by atoms with Gasteiger partial charge in [-0.2, -0.15) is 0 Å². The van der Waals surface area contributed by atoms with Crippen LogP contribution in [0.15, 0.2) is 36.4 Å². The van der Waals surface area contributed by atoms with Crippen LogP contribution in [0.2, 0.25) is 0 Å². The van der Waals surface area contributed by atoms with Crippen LogP contribution >= 0.6 is 11.3 Å². The molecule has 3 heterocycles. The molecule has 2 aliphatic heterocycles. The summed E-state index contributed by atoms with van der Waals surface area (Å²) in [6.45, 7) is 5.11. The van der Waals surface area contributed by atoms with Crippen molar-refractivity contribution < 1.29 is 19.2 Å². The zero-order chi connectivity index (χ0) is 22.2. The minimum Gasteiger partial charge on any atom is -0.486 e. The summed E-state index contributed by atoms with van der Waals surface area (Å²) in [5.74, 6) is 0.309. The standard InChI is InChI=1S/C22H22N4O5S/c1-14(21-23-16-4-2-3-5-20(16)32-21)24-6-8-25(9-7-24)22(27)15-12-18-19(31-11-10-30-18)13-17(15)26(28)29/h2-5,12-14H,6-11H2,1H3/t14-/m0/s1. The molecule has 2 aromatic carbocycles. The van der Waals surface area contributed by atoms with Crippen molar-refractivity contribution in [2.45, 2.75) is 13.0 Å². The maximum atomic E-state index is 13.2. The summed E-state index contributed by atoms with van der Waals surface area (Å²) in [4.78, 5) is 32.9. The third-order valence-corrected chi connectivity index (χ3v) is 7.11.